The van der Waals surface area contributed by atoms with E-state index in [1.807, 2.05) is 36.4 Å². The van der Waals surface area contributed by atoms with Gasteiger partial charge in [-0.3, -0.25) is 4.55 Å². The van der Waals surface area contributed by atoms with E-state index in [2.05, 4.69) is 20.5 Å². The molecule has 7 rings (SSSR count). The lowest BCUT2D eigenvalue weighted by Crippen LogP contribution is -2.45. The second kappa shape index (κ2) is 8.95. The minimum Gasteiger partial charge on any atom is -0.744 e. The molecule has 8 nitrogen and oxygen atoms in total. The fourth-order valence-corrected chi connectivity index (χ4v) is 8.00. The Labute approximate surface area is 238 Å². The van der Waals surface area contributed by atoms with E-state index in [9.17, 15) is 25.9 Å². The van der Waals surface area contributed by atoms with Gasteiger partial charge >= 0.3 is 0 Å². The smallest absolute Gasteiger partial charge is 0.294 e. The molecule has 1 N–H and O–H groups in total. The standard InChI is InChI=1S/C29H22BrNO7S2/c30-18-6-9-20-16(13-18)5-8-22-26(21-10-7-19(39(32,33)34)15-25(21)40(35,36)37)24-14-17-3-1-11-31-12-2-4-23(27(17)31)29(24)38-28(20)22/h5-10,13-15H,1-4,11-12H2,(H-,32,33,34,35,36,37). The van der Waals surface area contributed by atoms with Crippen molar-refractivity contribution in [2.45, 2.75) is 35.5 Å². The summed E-state index contributed by atoms with van der Waals surface area (Å²) in [5.74, 6) is 1.15. The van der Waals surface area contributed by atoms with Crippen molar-refractivity contribution in [3.05, 3.63) is 91.9 Å². The average Bonchev–Trinajstić information content (AvgIpc) is 2.91. The van der Waals surface area contributed by atoms with Crippen LogP contribution in [-0.4, -0.2) is 39.0 Å². The lowest BCUT2D eigenvalue weighted by Gasteiger charge is -2.28. The molecule has 0 radical (unpaired) electrons. The summed E-state index contributed by atoms with van der Waals surface area (Å²) < 4.78 is 81.1. The topological polar surface area (TPSA) is 124 Å². The fourth-order valence-electron chi connectivity index (χ4n) is 6.33. The summed E-state index contributed by atoms with van der Waals surface area (Å²) in [6.07, 6.45) is 3.57. The fraction of sp³-hybridized carbons (Fsp3) is 0.207. The van der Waals surface area contributed by atoms with Gasteiger partial charge in [-0.05, 0) is 60.7 Å². The zero-order chi connectivity index (χ0) is 28.0. The first kappa shape index (κ1) is 25.8. The molecular weight excluding hydrogens is 618 g/mol. The molecular formula is C29H22BrNO7S2. The van der Waals surface area contributed by atoms with Crippen LogP contribution >= 0.6 is 15.9 Å². The third kappa shape index (κ3) is 4.02. The van der Waals surface area contributed by atoms with Crippen molar-refractivity contribution in [2.24, 2.45) is 0 Å². The van der Waals surface area contributed by atoms with Crippen LogP contribution in [0.15, 0.2) is 68.9 Å². The third-order valence-electron chi connectivity index (χ3n) is 7.94. The number of benzene rings is 4. The number of aryl methyl sites for hydroxylation is 1. The summed E-state index contributed by atoms with van der Waals surface area (Å²) >= 11 is 3.51. The summed E-state index contributed by atoms with van der Waals surface area (Å²) in [5.41, 5.74) is 3.30. The average molecular weight is 641 g/mol. The zero-order valence-corrected chi connectivity index (χ0v) is 24.2. The van der Waals surface area contributed by atoms with Gasteiger partial charge in [-0.15, -0.1) is 0 Å². The molecule has 0 unspecified atom stereocenters. The monoisotopic (exact) mass is 639 g/mol. The van der Waals surface area contributed by atoms with E-state index in [1.165, 1.54) is 11.4 Å². The predicted molar refractivity (Wildman–Crippen MR) is 151 cm³/mol. The Morgan fingerprint density at radius 2 is 1.62 bits per heavy atom. The first-order valence-corrected chi connectivity index (χ1v) is 16.4. The van der Waals surface area contributed by atoms with E-state index < -0.39 is 30.0 Å². The number of hydrogen-bond acceptors (Lipinski definition) is 6. The molecule has 204 valence electrons. The van der Waals surface area contributed by atoms with E-state index in [4.69, 9.17) is 4.74 Å². The van der Waals surface area contributed by atoms with Crippen LogP contribution in [0.5, 0.6) is 11.5 Å². The maximum Gasteiger partial charge on any atom is 0.294 e. The van der Waals surface area contributed by atoms with Crippen LogP contribution in [0.2, 0.25) is 0 Å². The molecule has 0 saturated carbocycles. The summed E-state index contributed by atoms with van der Waals surface area (Å²) in [6, 6.07) is 14.7. The minimum absolute atomic E-state index is 0.0558. The van der Waals surface area contributed by atoms with Crippen molar-refractivity contribution in [3.63, 3.8) is 0 Å². The van der Waals surface area contributed by atoms with E-state index >= 15 is 0 Å². The van der Waals surface area contributed by atoms with Gasteiger partial charge in [-0.1, -0.05) is 28.1 Å². The molecule has 0 atom stereocenters. The Kier molecular flexibility index (Phi) is 5.79. The van der Waals surface area contributed by atoms with Crippen LogP contribution in [0.25, 0.3) is 16.3 Å². The van der Waals surface area contributed by atoms with E-state index in [0.717, 1.165) is 77.3 Å². The van der Waals surface area contributed by atoms with Crippen molar-refractivity contribution in [2.75, 3.05) is 13.1 Å². The molecule has 0 fully saturated rings. The predicted octanol–water partition coefficient (Wildman–Crippen LogP) is 3.49. The Morgan fingerprint density at radius 3 is 2.38 bits per heavy atom. The van der Waals surface area contributed by atoms with Crippen LogP contribution in [0.3, 0.4) is 0 Å². The Morgan fingerprint density at radius 1 is 0.875 bits per heavy atom. The van der Waals surface area contributed by atoms with Gasteiger partial charge in [0, 0.05) is 50.2 Å². The van der Waals surface area contributed by atoms with E-state index in [1.54, 1.807) is 0 Å². The molecule has 3 aliphatic rings. The second-order valence-electron chi connectivity index (χ2n) is 10.3. The van der Waals surface area contributed by atoms with Crippen molar-refractivity contribution in [1.29, 1.82) is 0 Å². The van der Waals surface area contributed by atoms with Crippen LogP contribution in [-0.2, 0) is 33.1 Å². The molecule has 0 saturated heterocycles. The van der Waals surface area contributed by atoms with Gasteiger partial charge in [0.15, 0.2) is 0 Å². The number of halogens is 1. The van der Waals surface area contributed by atoms with Gasteiger partial charge in [0.25, 0.3) is 10.1 Å². The normalized spacial score (nSPS) is 16.3. The minimum atomic E-state index is -5.15. The molecule has 0 bridgehead atoms. The second-order valence-corrected chi connectivity index (χ2v) is 14.0. The van der Waals surface area contributed by atoms with Crippen molar-refractivity contribution < 1.29 is 30.7 Å². The number of hydrogen-bond donors (Lipinski definition) is 1. The van der Waals surface area contributed by atoms with Crippen molar-refractivity contribution in [1.82, 2.24) is 4.58 Å². The molecule has 0 amide bonds. The summed E-state index contributed by atoms with van der Waals surface area (Å²) in [6.45, 7) is 1.91. The Hall–Kier alpha value is -3.09. The highest BCUT2D eigenvalue weighted by atomic mass is 79.9. The molecule has 0 aliphatic carbocycles. The van der Waals surface area contributed by atoms with Crippen molar-refractivity contribution in [3.8, 4) is 11.5 Å². The van der Waals surface area contributed by atoms with E-state index in [0.29, 0.717) is 27.9 Å². The number of fused-ring (bicyclic) bond motifs is 5. The maximum absolute atomic E-state index is 12.6. The number of rotatable bonds is 3. The lowest BCUT2D eigenvalue weighted by atomic mass is 9.86. The SMILES string of the molecule is O=S(=O)([O-])c1cc(S(=O)(=O)O)ccc1C1=c2cc3c4c(c2Oc2c1ccc1cc(Br)ccc21)CCC[N+]=4CCC3. The largest absolute Gasteiger partial charge is 0.744 e. The molecule has 11 heteroatoms. The summed E-state index contributed by atoms with van der Waals surface area (Å²) in [5, 5.41) is 3.54. The van der Waals surface area contributed by atoms with Crippen LogP contribution in [0.4, 0.5) is 0 Å². The first-order chi connectivity index (χ1) is 19.0. The third-order valence-corrected chi connectivity index (χ3v) is 10.2. The van der Waals surface area contributed by atoms with Crippen LogP contribution < -0.4 is 19.9 Å². The molecule has 0 aromatic heterocycles. The number of ether oxygens (including phenoxy) is 1. The van der Waals surface area contributed by atoms with Crippen molar-refractivity contribution >= 4 is 52.5 Å². The molecule has 40 heavy (non-hydrogen) atoms. The first-order valence-electron chi connectivity index (χ1n) is 12.8. The lowest BCUT2D eigenvalue weighted by molar-refractivity contribution is 0.440. The Balaban J connectivity index is 1.68. The molecule has 4 aromatic carbocycles. The van der Waals surface area contributed by atoms with Gasteiger partial charge in [0.2, 0.25) is 5.36 Å². The quantitative estimate of drug-likeness (QED) is 0.237. The van der Waals surface area contributed by atoms with Gasteiger partial charge in [-0.25, -0.2) is 13.0 Å². The van der Waals surface area contributed by atoms with Gasteiger partial charge < -0.3 is 9.29 Å². The molecule has 4 aromatic rings. The summed E-state index contributed by atoms with van der Waals surface area (Å²) in [7, 11) is -9.91. The molecule has 3 aliphatic heterocycles. The van der Waals surface area contributed by atoms with Gasteiger partial charge in [0.1, 0.15) is 34.7 Å². The molecule has 0 spiro atoms. The highest BCUT2D eigenvalue weighted by molar-refractivity contribution is 9.10. The molecule has 3 heterocycles. The number of nitrogens with zero attached hydrogens (tertiary/aromatic N) is 1. The van der Waals surface area contributed by atoms with E-state index in [-0.39, 0.29) is 5.56 Å². The van der Waals surface area contributed by atoms with Crippen LogP contribution in [0.1, 0.15) is 35.1 Å². The zero-order valence-electron chi connectivity index (χ0n) is 21.0. The van der Waals surface area contributed by atoms with Crippen LogP contribution in [0, 0.1) is 0 Å². The maximum atomic E-state index is 12.6. The van der Waals surface area contributed by atoms with Gasteiger partial charge in [-0.2, -0.15) is 8.42 Å². The van der Waals surface area contributed by atoms with Gasteiger partial charge in [0.05, 0.1) is 15.4 Å². The Bertz CT molecular complexity index is 2150. The highest BCUT2D eigenvalue weighted by Gasteiger charge is 2.33. The highest BCUT2D eigenvalue weighted by Crippen LogP contribution is 2.44. The summed E-state index contributed by atoms with van der Waals surface area (Å²) in [4.78, 5) is -1.39.